The highest BCUT2D eigenvalue weighted by Crippen LogP contribution is 2.36. The molecular weight excluding hydrogens is 492 g/mol. The number of aliphatic carboxylic acids is 1. The maximum absolute atomic E-state index is 10.9. The average molecular weight is 523 g/mol. The quantitative estimate of drug-likeness (QED) is 0.135. The molecule has 196 valence electrons. The normalized spacial score (nSPS) is 11.8. The molecule has 4 aromatic rings. The van der Waals surface area contributed by atoms with Crippen molar-refractivity contribution in [3.8, 4) is 17.2 Å². The minimum atomic E-state index is -1.24. The zero-order valence-corrected chi connectivity index (χ0v) is 22.5. The maximum atomic E-state index is 10.9. The van der Waals surface area contributed by atoms with E-state index in [1.807, 2.05) is 50.3 Å². The van der Waals surface area contributed by atoms with Crippen molar-refractivity contribution in [2.24, 2.45) is 0 Å². The Morgan fingerprint density at radius 3 is 1.43 bits per heavy atom. The van der Waals surface area contributed by atoms with Crippen LogP contribution in [0.3, 0.4) is 0 Å². The third kappa shape index (κ3) is 6.92. The number of carboxylic acids is 1. The first kappa shape index (κ1) is 27.6. The van der Waals surface area contributed by atoms with Crippen LogP contribution in [0.5, 0.6) is 0 Å². The molecule has 40 heavy (non-hydrogen) atoms. The summed E-state index contributed by atoms with van der Waals surface area (Å²) in [4.78, 5) is 13.2. The van der Waals surface area contributed by atoms with Crippen molar-refractivity contribution in [2.45, 2.75) is 13.8 Å². The number of anilines is 3. The van der Waals surface area contributed by atoms with Gasteiger partial charge >= 0.3 is 5.97 Å². The molecule has 0 radical (unpaired) electrons. The number of carbonyl (C=O) groups is 1. The van der Waals surface area contributed by atoms with Crippen molar-refractivity contribution >= 4 is 41.3 Å². The van der Waals surface area contributed by atoms with Crippen LogP contribution in [0.4, 0.5) is 17.1 Å². The predicted octanol–water partition coefficient (Wildman–Crippen LogP) is 9.44. The Morgan fingerprint density at radius 2 is 1.02 bits per heavy atom. The van der Waals surface area contributed by atoms with Crippen LogP contribution in [0.25, 0.3) is 29.4 Å². The number of rotatable bonds is 9. The highest BCUT2D eigenvalue weighted by molar-refractivity contribution is 5.91. The lowest BCUT2D eigenvalue weighted by Crippen LogP contribution is -2.09. The summed E-state index contributed by atoms with van der Waals surface area (Å²) < 4.78 is 0. The molecule has 1 N–H and O–H groups in total. The van der Waals surface area contributed by atoms with Gasteiger partial charge in [-0.15, -0.1) is 0 Å². The SMILES string of the molecule is C/C=C\c1ccc(N(c2ccc(/C=C\C)cc2)c2ccc(-c3ccc(/C=C/C=C(/C#N)C(=O)O)cc3)cc2)cc1. The molecule has 0 amide bonds. The largest absolute Gasteiger partial charge is 0.477 e. The molecule has 4 nitrogen and oxygen atoms in total. The van der Waals surface area contributed by atoms with Gasteiger partial charge in [0.2, 0.25) is 0 Å². The third-order valence-electron chi connectivity index (χ3n) is 6.29. The van der Waals surface area contributed by atoms with Crippen LogP contribution >= 0.6 is 0 Å². The second-order valence-electron chi connectivity index (χ2n) is 9.04. The molecule has 0 aromatic heterocycles. The van der Waals surface area contributed by atoms with Gasteiger partial charge in [-0.25, -0.2) is 4.79 Å². The Hall–Kier alpha value is -5.40. The van der Waals surface area contributed by atoms with Crippen LogP contribution in [0.2, 0.25) is 0 Å². The van der Waals surface area contributed by atoms with E-state index in [2.05, 4.69) is 89.8 Å². The van der Waals surface area contributed by atoms with Crippen LogP contribution < -0.4 is 4.90 Å². The molecule has 0 bridgehead atoms. The molecular formula is C36H30N2O2. The highest BCUT2D eigenvalue weighted by Gasteiger charge is 2.13. The van der Waals surface area contributed by atoms with E-state index in [4.69, 9.17) is 10.4 Å². The minimum absolute atomic E-state index is 0.301. The average Bonchev–Trinajstić information content (AvgIpc) is 2.98. The minimum Gasteiger partial charge on any atom is -0.477 e. The van der Waals surface area contributed by atoms with Crippen molar-refractivity contribution in [1.82, 2.24) is 0 Å². The van der Waals surface area contributed by atoms with E-state index in [1.165, 1.54) is 6.08 Å². The fourth-order valence-corrected chi connectivity index (χ4v) is 4.30. The standard InChI is InChI=1S/C36H30N2O2/c1-3-6-27-12-20-33(21-13-27)38(34-22-14-28(7-4-2)15-23-34)35-24-18-31(19-25-35)30-16-10-29(11-17-30)8-5-9-32(26-37)36(39)40/h3-25H,1-2H3,(H,39,40)/b6-3-,7-4-,8-5+,32-9-. The van der Waals surface area contributed by atoms with Crippen molar-refractivity contribution < 1.29 is 9.90 Å². The summed E-state index contributed by atoms with van der Waals surface area (Å²) in [5.41, 5.74) is 8.29. The van der Waals surface area contributed by atoms with E-state index in [9.17, 15) is 4.79 Å². The predicted molar refractivity (Wildman–Crippen MR) is 166 cm³/mol. The van der Waals surface area contributed by atoms with Crippen molar-refractivity contribution in [1.29, 1.82) is 5.26 Å². The number of hydrogen-bond acceptors (Lipinski definition) is 3. The van der Waals surface area contributed by atoms with Gasteiger partial charge in [-0.2, -0.15) is 5.26 Å². The van der Waals surface area contributed by atoms with E-state index < -0.39 is 5.97 Å². The number of hydrogen-bond donors (Lipinski definition) is 1. The number of carboxylic acid groups (broad SMARTS) is 1. The fourth-order valence-electron chi connectivity index (χ4n) is 4.30. The first-order chi connectivity index (χ1) is 19.5. The Labute approximate surface area is 235 Å². The van der Waals surface area contributed by atoms with Crippen LogP contribution in [0, 0.1) is 11.3 Å². The molecule has 0 heterocycles. The third-order valence-corrected chi connectivity index (χ3v) is 6.29. The molecule has 4 aromatic carbocycles. The highest BCUT2D eigenvalue weighted by atomic mass is 16.4. The summed E-state index contributed by atoms with van der Waals surface area (Å²) in [6.07, 6.45) is 12.9. The number of benzene rings is 4. The monoisotopic (exact) mass is 522 g/mol. The summed E-state index contributed by atoms with van der Waals surface area (Å²) >= 11 is 0. The molecule has 0 fully saturated rings. The first-order valence-electron chi connectivity index (χ1n) is 13.0. The summed E-state index contributed by atoms with van der Waals surface area (Å²) in [6, 6.07) is 35.2. The van der Waals surface area contributed by atoms with E-state index >= 15 is 0 Å². The molecule has 4 heteroatoms. The molecule has 0 aliphatic carbocycles. The molecule has 4 rings (SSSR count). The van der Waals surface area contributed by atoms with Crippen LogP contribution in [0.1, 0.15) is 30.5 Å². The molecule has 0 unspecified atom stereocenters. The van der Waals surface area contributed by atoms with E-state index in [0.29, 0.717) is 0 Å². The fraction of sp³-hybridized carbons (Fsp3) is 0.0556. The van der Waals surface area contributed by atoms with Crippen LogP contribution in [-0.4, -0.2) is 11.1 Å². The topological polar surface area (TPSA) is 64.3 Å². The Balaban J connectivity index is 1.61. The number of allylic oxidation sites excluding steroid dienone is 4. The van der Waals surface area contributed by atoms with Gasteiger partial charge < -0.3 is 10.0 Å². The van der Waals surface area contributed by atoms with Crippen molar-refractivity contribution in [2.75, 3.05) is 4.90 Å². The number of nitrogens with zero attached hydrogens (tertiary/aromatic N) is 2. The van der Waals surface area contributed by atoms with Crippen LogP contribution in [-0.2, 0) is 4.79 Å². The van der Waals surface area contributed by atoms with Gasteiger partial charge in [-0.3, -0.25) is 0 Å². The zero-order chi connectivity index (χ0) is 28.3. The lowest BCUT2D eigenvalue weighted by molar-refractivity contribution is -0.132. The van der Waals surface area contributed by atoms with Gasteiger partial charge in [0.15, 0.2) is 0 Å². The lowest BCUT2D eigenvalue weighted by atomic mass is 10.0. The summed E-state index contributed by atoms with van der Waals surface area (Å²) in [6.45, 7) is 4.03. The Bertz CT molecular complexity index is 1540. The smallest absolute Gasteiger partial charge is 0.346 e. The van der Waals surface area contributed by atoms with Gasteiger partial charge in [0.05, 0.1) is 0 Å². The molecule has 0 saturated heterocycles. The summed E-state index contributed by atoms with van der Waals surface area (Å²) in [7, 11) is 0. The molecule has 0 spiro atoms. The lowest BCUT2D eigenvalue weighted by Gasteiger charge is -2.26. The van der Waals surface area contributed by atoms with Gasteiger partial charge in [0.1, 0.15) is 11.6 Å². The van der Waals surface area contributed by atoms with Gasteiger partial charge in [-0.1, -0.05) is 97.1 Å². The van der Waals surface area contributed by atoms with Crippen LogP contribution in [0.15, 0.2) is 127 Å². The van der Waals surface area contributed by atoms with Gasteiger partial charge in [0, 0.05) is 17.1 Å². The Kier molecular flexibility index (Phi) is 9.26. The second-order valence-corrected chi connectivity index (χ2v) is 9.04. The summed E-state index contributed by atoms with van der Waals surface area (Å²) in [5, 5.41) is 17.8. The van der Waals surface area contributed by atoms with E-state index in [0.717, 1.165) is 44.9 Å². The Morgan fingerprint density at radius 1 is 0.650 bits per heavy atom. The first-order valence-corrected chi connectivity index (χ1v) is 13.0. The molecule has 0 saturated carbocycles. The van der Waals surface area contributed by atoms with Crippen molar-refractivity contribution in [3.05, 3.63) is 144 Å². The second kappa shape index (κ2) is 13.4. The number of nitriles is 1. The van der Waals surface area contributed by atoms with Gasteiger partial charge in [-0.05, 0) is 84.1 Å². The van der Waals surface area contributed by atoms with E-state index in [1.54, 1.807) is 18.2 Å². The van der Waals surface area contributed by atoms with E-state index in [-0.39, 0.29) is 5.57 Å². The maximum Gasteiger partial charge on any atom is 0.346 e. The summed E-state index contributed by atoms with van der Waals surface area (Å²) in [5.74, 6) is -1.24. The molecule has 0 atom stereocenters. The zero-order valence-electron chi connectivity index (χ0n) is 22.5. The molecule has 0 aliphatic heterocycles. The van der Waals surface area contributed by atoms with Gasteiger partial charge in [0.25, 0.3) is 0 Å². The molecule has 0 aliphatic rings. The van der Waals surface area contributed by atoms with Crippen molar-refractivity contribution in [3.63, 3.8) is 0 Å².